The Bertz CT molecular complexity index is 1170. The molecule has 0 aliphatic carbocycles. The summed E-state index contributed by atoms with van der Waals surface area (Å²) < 4.78 is 31.4. The number of aromatic nitrogens is 4. The highest BCUT2D eigenvalue weighted by molar-refractivity contribution is 7.53. The molecule has 0 aliphatic rings. The number of unbranched alkanes of at least 4 members (excludes halogenated alkanes) is 3. The number of hydrogen-bond acceptors (Lipinski definition) is 9. The highest BCUT2D eigenvalue weighted by atomic mass is 31.2. The lowest BCUT2D eigenvalue weighted by Gasteiger charge is -2.18. The van der Waals surface area contributed by atoms with E-state index in [2.05, 4.69) is 15.0 Å². The number of nitrogens with zero attached hydrogens (tertiary/aromatic N) is 4. The summed E-state index contributed by atoms with van der Waals surface area (Å²) in [5.41, 5.74) is 8.39. The average molecular weight is 504 g/mol. The van der Waals surface area contributed by atoms with E-state index in [0.717, 1.165) is 37.9 Å². The first-order chi connectivity index (χ1) is 16.9. The second-order valence-electron chi connectivity index (χ2n) is 8.12. The van der Waals surface area contributed by atoms with Crippen molar-refractivity contribution in [3.05, 3.63) is 42.0 Å². The third kappa shape index (κ3) is 7.34. The van der Waals surface area contributed by atoms with Crippen molar-refractivity contribution in [3.8, 4) is 5.75 Å². The van der Waals surface area contributed by atoms with Gasteiger partial charge in [0.15, 0.2) is 17.2 Å². The number of ketones is 1. The van der Waals surface area contributed by atoms with Gasteiger partial charge in [-0.15, -0.1) is 0 Å². The first kappa shape index (κ1) is 26.8. The van der Waals surface area contributed by atoms with E-state index in [0.29, 0.717) is 48.0 Å². The zero-order chi connectivity index (χ0) is 25.3. The van der Waals surface area contributed by atoms with E-state index in [1.807, 2.05) is 4.57 Å². The Morgan fingerprint density at radius 1 is 1.06 bits per heavy atom. The molecule has 0 unspecified atom stereocenters. The van der Waals surface area contributed by atoms with E-state index < -0.39 is 7.60 Å². The van der Waals surface area contributed by atoms with Crippen LogP contribution in [0.25, 0.3) is 11.2 Å². The monoisotopic (exact) mass is 503 g/mol. The first-order valence-electron chi connectivity index (χ1n) is 11.9. The van der Waals surface area contributed by atoms with E-state index >= 15 is 0 Å². The van der Waals surface area contributed by atoms with E-state index in [1.165, 1.54) is 13.3 Å². The molecule has 1 aromatic carbocycles. The van der Waals surface area contributed by atoms with Crippen LogP contribution < -0.4 is 10.5 Å². The largest absolute Gasteiger partial charge is 0.493 e. The van der Waals surface area contributed by atoms with Gasteiger partial charge in [-0.05, 0) is 51.3 Å². The quantitative estimate of drug-likeness (QED) is 0.172. The van der Waals surface area contributed by atoms with E-state index in [4.69, 9.17) is 19.5 Å². The van der Waals surface area contributed by atoms with Crippen molar-refractivity contribution in [3.63, 3.8) is 0 Å². The fourth-order valence-corrected chi connectivity index (χ4v) is 5.49. The molecule has 0 bridgehead atoms. The molecule has 35 heavy (non-hydrogen) atoms. The number of hydrogen-bond donors (Lipinski definition) is 1. The summed E-state index contributed by atoms with van der Waals surface area (Å²) in [6.45, 7) is 6.93. The number of Topliss-reactive ketones (excluding diaryl/α,β-unsaturated/α-hetero) is 1. The first-order valence-corrected chi connectivity index (χ1v) is 13.7. The molecule has 0 amide bonds. The second-order valence-corrected chi connectivity index (χ2v) is 10.2. The van der Waals surface area contributed by atoms with Gasteiger partial charge in [0.2, 0.25) is 0 Å². The molecular weight excluding hydrogens is 469 g/mol. The molecule has 0 fully saturated rings. The van der Waals surface area contributed by atoms with Crippen LogP contribution in [0.2, 0.25) is 0 Å². The number of carbonyl (C=O) groups excluding carboxylic acids is 1. The van der Waals surface area contributed by atoms with E-state index in [-0.39, 0.29) is 11.9 Å². The predicted molar refractivity (Wildman–Crippen MR) is 135 cm³/mol. The molecule has 2 aromatic heterocycles. The van der Waals surface area contributed by atoms with Gasteiger partial charge >= 0.3 is 7.60 Å². The molecule has 3 aromatic rings. The molecular formula is C24H34N5O5P. The summed E-state index contributed by atoms with van der Waals surface area (Å²) in [7, 11) is -3.25. The smallest absolute Gasteiger partial charge is 0.335 e. The zero-order valence-electron chi connectivity index (χ0n) is 20.6. The summed E-state index contributed by atoms with van der Waals surface area (Å²) >= 11 is 0. The van der Waals surface area contributed by atoms with Gasteiger partial charge in [-0.2, -0.15) is 0 Å². The van der Waals surface area contributed by atoms with Gasteiger partial charge in [0.25, 0.3) is 0 Å². The summed E-state index contributed by atoms with van der Waals surface area (Å²) in [6, 6.07) is 5.28. The van der Waals surface area contributed by atoms with Crippen molar-refractivity contribution in [2.75, 3.05) is 25.6 Å². The molecule has 0 saturated heterocycles. The Morgan fingerprint density at radius 3 is 2.51 bits per heavy atom. The summed E-state index contributed by atoms with van der Waals surface area (Å²) in [5.74, 6) is 0.814. The normalized spacial score (nSPS) is 11.7. The van der Waals surface area contributed by atoms with Crippen LogP contribution in [0.15, 0.2) is 30.9 Å². The summed E-state index contributed by atoms with van der Waals surface area (Å²) in [5, 5.41) is 0. The maximum Gasteiger partial charge on any atom is 0.335 e. The van der Waals surface area contributed by atoms with Gasteiger partial charge in [0.1, 0.15) is 17.6 Å². The van der Waals surface area contributed by atoms with Crippen molar-refractivity contribution < 1.29 is 23.1 Å². The van der Waals surface area contributed by atoms with E-state index in [1.54, 1.807) is 38.4 Å². The molecule has 0 radical (unpaired) electrons. The van der Waals surface area contributed by atoms with Gasteiger partial charge < -0.3 is 24.1 Å². The van der Waals surface area contributed by atoms with Crippen LogP contribution in [-0.2, 0) is 26.3 Å². The molecule has 0 saturated carbocycles. The molecule has 2 N–H and O–H groups in total. The lowest BCUT2D eigenvalue weighted by molar-refractivity contribution is 0.101. The fourth-order valence-electron chi connectivity index (χ4n) is 3.80. The van der Waals surface area contributed by atoms with Gasteiger partial charge in [0, 0.05) is 6.54 Å². The number of benzene rings is 1. The lowest BCUT2D eigenvalue weighted by atomic mass is 10.1. The minimum Gasteiger partial charge on any atom is -0.493 e. The maximum atomic E-state index is 12.8. The Labute approximate surface area is 205 Å². The number of fused-ring (bicyclic) bond motifs is 1. The van der Waals surface area contributed by atoms with Crippen molar-refractivity contribution in [1.82, 2.24) is 19.5 Å². The number of nitrogen functional groups attached to an aromatic ring is 1. The lowest BCUT2D eigenvalue weighted by Crippen LogP contribution is -2.05. The van der Waals surface area contributed by atoms with Crippen LogP contribution in [0.4, 0.5) is 5.82 Å². The van der Waals surface area contributed by atoms with Crippen molar-refractivity contribution in [1.29, 1.82) is 0 Å². The van der Waals surface area contributed by atoms with Crippen LogP contribution in [-0.4, -0.2) is 45.1 Å². The van der Waals surface area contributed by atoms with Crippen molar-refractivity contribution in [2.24, 2.45) is 0 Å². The third-order valence-electron chi connectivity index (χ3n) is 5.43. The molecule has 0 aliphatic heterocycles. The number of aryl methyl sites for hydroxylation is 1. The zero-order valence-corrected chi connectivity index (χ0v) is 21.5. The molecule has 0 spiro atoms. The summed E-state index contributed by atoms with van der Waals surface area (Å²) in [6.07, 6.45) is 7.15. The van der Waals surface area contributed by atoms with E-state index in [9.17, 15) is 9.36 Å². The molecule has 11 heteroatoms. The van der Waals surface area contributed by atoms with Gasteiger partial charge in [-0.3, -0.25) is 9.36 Å². The van der Waals surface area contributed by atoms with Crippen LogP contribution in [0, 0.1) is 0 Å². The third-order valence-corrected chi connectivity index (χ3v) is 7.49. The van der Waals surface area contributed by atoms with Crippen molar-refractivity contribution in [2.45, 2.75) is 59.2 Å². The van der Waals surface area contributed by atoms with Gasteiger partial charge in [0.05, 0.1) is 37.9 Å². The average Bonchev–Trinajstić information content (AvgIpc) is 3.23. The summed E-state index contributed by atoms with van der Waals surface area (Å²) in [4.78, 5) is 24.7. The standard InChI is InChI=1S/C24H34N5O5P/c1-4-33-35(31,34-5-2)15-19-10-11-21(20(14-19)18(3)30)32-13-9-7-6-8-12-29-17-28-22-23(25)26-16-27-24(22)29/h10-11,14,16-17H,4-9,12-13,15H2,1-3H3,(H2,25,26,27). The molecule has 2 heterocycles. The number of anilines is 1. The van der Waals surface area contributed by atoms with Gasteiger partial charge in [-0.1, -0.05) is 18.9 Å². The van der Waals surface area contributed by atoms with Crippen LogP contribution in [0.1, 0.15) is 62.4 Å². The van der Waals surface area contributed by atoms with Gasteiger partial charge in [-0.25, -0.2) is 15.0 Å². The topological polar surface area (TPSA) is 131 Å². The Balaban J connectivity index is 1.47. The van der Waals surface area contributed by atoms with Crippen LogP contribution >= 0.6 is 7.60 Å². The number of carbonyl (C=O) groups is 1. The van der Waals surface area contributed by atoms with Crippen LogP contribution in [0.5, 0.6) is 5.75 Å². The highest BCUT2D eigenvalue weighted by Gasteiger charge is 2.25. The second kappa shape index (κ2) is 12.8. The minimum absolute atomic E-state index is 0.110. The fraction of sp³-hybridized carbons (Fsp3) is 0.500. The molecule has 0 atom stereocenters. The number of nitrogens with two attached hydrogens (primary N) is 1. The Kier molecular flexibility index (Phi) is 9.77. The highest BCUT2D eigenvalue weighted by Crippen LogP contribution is 2.51. The predicted octanol–water partition coefficient (Wildman–Crippen LogP) is 5.02. The number of ether oxygens (including phenoxy) is 1. The molecule has 190 valence electrons. The minimum atomic E-state index is -3.25. The number of rotatable bonds is 15. The number of imidazole rings is 1. The van der Waals surface area contributed by atoms with Crippen LogP contribution in [0.3, 0.4) is 0 Å². The maximum absolute atomic E-state index is 12.8. The van der Waals surface area contributed by atoms with Crippen molar-refractivity contribution >= 4 is 30.4 Å². The SMILES string of the molecule is CCOP(=O)(Cc1ccc(OCCCCCCn2cnc3c(N)ncnc32)c(C(C)=O)c1)OCC. The Morgan fingerprint density at radius 2 is 1.80 bits per heavy atom. The molecule has 3 rings (SSSR count). The molecule has 10 nitrogen and oxygen atoms in total. The Hall–Kier alpha value is -2.81.